The van der Waals surface area contributed by atoms with E-state index < -0.39 is 0 Å². The molecular weight excluding hydrogens is 222 g/mol. The van der Waals surface area contributed by atoms with Crippen molar-refractivity contribution in [3.63, 3.8) is 0 Å². The largest absolute Gasteiger partial charge is 0.428 e. The van der Waals surface area contributed by atoms with Gasteiger partial charge in [0.25, 0.3) is 0 Å². The van der Waals surface area contributed by atoms with E-state index in [1.165, 1.54) is 32.4 Å². The number of benzene rings is 1. The average molecular weight is 239 g/mol. The van der Waals surface area contributed by atoms with Crippen LogP contribution >= 0.6 is 12.2 Å². The van der Waals surface area contributed by atoms with Gasteiger partial charge in [0.2, 0.25) is 0 Å². The minimum absolute atomic E-state index is 0.538. The molecule has 1 aromatic rings. The van der Waals surface area contributed by atoms with Crippen LogP contribution in [0.5, 0.6) is 0 Å². The van der Waals surface area contributed by atoms with Crippen molar-refractivity contribution >= 4 is 29.0 Å². The zero-order chi connectivity index (χ0) is 10.9. The van der Waals surface area contributed by atoms with Gasteiger partial charge in [-0.05, 0) is 24.8 Å². The van der Waals surface area contributed by atoms with Crippen LogP contribution in [-0.2, 0) is 12.6 Å². The highest BCUT2D eigenvalue weighted by Gasteiger charge is 1.97. The lowest BCUT2D eigenvalue weighted by atomic mass is 10.2. The molecule has 2 N–H and O–H groups in total. The number of hydrogen-bond donors (Lipinski definition) is 1. The zero-order valence-corrected chi connectivity index (χ0v) is 10.4. The summed E-state index contributed by atoms with van der Waals surface area (Å²) < 4.78 is 0.538. The van der Waals surface area contributed by atoms with E-state index in [0.29, 0.717) is 4.20 Å². The maximum atomic E-state index is 4.78. The predicted molar refractivity (Wildman–Crippen MR) is 71.0 cm³/mol. The van der Waals surface area contributed by atoms with Crippen LogP contribution in [0.1, 0.15) is 24.8 Å². The molecule has 15 heavy (non-hydrogen) atoms. The first-order valence-corrected chi connectivity index (χ1v) is 6.20. The van der Waals surface area contributed by atoms with E-state index in [0.717, 1.165) is 5.56 Å². The van der Waals surface area contributed by atoms with Gasteiger partial charge in [0, 0.05) is 0 Å². The van der Waals surface area contributed by atoms with Crippen LogP contribution in [0.4, 0.5) is 0 Å². The normalized spacial score (nSPS) is 14.9. The van der Waals surface area contributed by atoms with Crippen molar-refractivity contribution in [2.24, 2.45) is 0 Å². The minimum Gasteiger partial charge on any atom is -0.428 e. The van der Waals surface area contributed by atoms with Crippen LogP contribution in [0.25, 0.3) is 0 Å². The number of piperidine rings is 1. The van der Waals surface area contributed by atoms with Gasteiger partial charge in [0.1, 0.15) is 0 Å². The van der Waals surface area contributed by atoms with Gasteiger partial charge >= 0.3 is 0 Å². The van der Waals surface area contributed by atoms with Crippen molar-refractivity contribution in [2.75, 3.05) is 13.1 Å². The topological polar surface area (TPSA) is 16.6 Å². The molecule has 0 atom stereocenters. The van der Waals surface area contributed by atoms with Crippen molar-refractivity contribution in [2.45, 2.75) is 19.3 Å². The molecule has 1 aliphatic heterocycles. The second-order valence-electron chi connectivity index (χ2n) is 3.58. The Morgan fingerprint density at radius 1 is 1.07 bits per heavy atom. The SMILES string of the molecule is C1CC[NH2+]CC1.S=C([S-])c1ccccc1. The Kier molecular flexibility index (Phi) is 6.48. The van der Waals surface area contributed by atoms with Gasteiger partial charge in [0.15, 0.2) is 0 Å². The van der Waals surface area contributed by atoms with Crippen molar-refractivity contribution in [1.29, 1.82) is 0 Å². The Morgan fingerprint density at radius 2 is 1.67 bits per heavy atom. The lowest BCUT2D eigenvalue weighted by molar-refractivity contribution is -0.662. The number of rotatable bonds is 1. The second kappa shape index (κ2) is 7.74. The first kappa shape index (κ1) is 12.6. The molecule has 0 bridgehead atoms. The monoisotopic (exact) mass is 239 g/mol. The Bertz CT molecular complexity index is 269. The third-order valence-electron chi connectivity index (χ3n) is 2.33. The molecule has 0 radical (unpaired) electrons. The van der Waals surface area contributed by atoms with Crippen LogP contribution in [0.3, 0.4) is 0 Å². The van der Waals surface area contributed by atoms with Crippen LogP contribution in [0, 0.1) is 0 Å². The molecule has 1 fully saturated rings. The summed E-state index contributed by atoms with van der Waals surface area (Å²) in [4.78, 5) is 0. The van der Waals surface area contributed by atoms with Gasteiger partial charge in [-0.3, -0.25) is 0 Å². The van der Waals surface area contributed by atoms with E-state index in [1.807, 2.05) is 30.3 Å². The summed E-state index contributed by atoms with van der Waals surface area (Å²) in [5.41, 5.74) is 0.961. The molecule has 1 saturated heterocycles. The highest BCUT2D eigenvalue weighted by Crippen LogP contribution is 1.98. The Hall–Kier alpha value is -0.510. The highest BCUT2D eigenvalue weighted by molar-refractivity contribution is 8.01. The summed E-state index contributed by atoms with van der Waals surface area (Å²) in [6.07, 6.45) is 4.36. The van der Waals surface area contributed by atoms with Crippen LogP contribution < -0.4 is 5.32 Å². The molecule has 0 amide bonds. The van der Waals surface area contributed by atoms with Crippen molar-refractivity contribution in [3.8, 4) is 0 Å². The summed E-state index contributed by atoms with van der Waals surface area (Å²) in [6, 6.07) is 9.61. The van der Waals surface area contributed by atoms with E-state index in [1.54, 1.807) is 0 Å². The van der Waals surface area contributed by atoms with Crippen LogP contribution in [0.2, 0.25) is 0 Å². The molecule has 0 aliphatic carbocycles. The molecule has 0 aromatic heterocycles. The molecule has 1 heterocycles. The third kappa shape index (κ3) is 5.82. The summed E-state index contributed by atoms with van der Waals surface area (Å²) >= 11 is 9.55. The Balaban J connectivity index is 0.000000162. The first-order valence-electron chi connectivity index (χ1n) is 5.39. The molecular formula is C12H17NS2. The first-order chi connectivity index (χ1) is 7.30. The molecule has 3 heteroatoms. The van der Waals surface area contributed by atoms with E-state index in [2.05, 4.69) is 5.32 Å². The maximum Gasteiger partial charge on any atom is 0.0755 e. The van der Waals surface area contributed by atoms with E-state index >= 15 is 0 Å². The van der Waals surface area contributed by atoms with Gasteiger partial charge in [-0.25, -0.2) is 0 Å². The molecule has 1 aromatic carbocycles. The number of thiocarbonyl (C=S) groups is 1. The smallest absolute Gasteiger partial charge is 0.0755 e. The quantitative estimate of drug-likeness (QED) is 0.592. The predicted octanol–water partition coefficient (Wildman–Crippen LogP) is 1.64. The van der Waals surface area contributed by atoms with Crippen LogP contribution in [-0.4, -0.2) is 17.3 Å². The summed E-state index contributed by atoms with van der Waals surface area (Å²) in [6.45, 7) is 2.75. The number of quaternary nitrogens is 1. The number of nitrogens with two attached hydrogens (primary N) is 1. The van der Waals surface area contributed by atoms with Crippen molar-refractivity contribution < 1.29 is 5.32 Å². The Morgan fingerprint density at radius 3 is 1.93 bits per heavy atom. The zero-order valence-electron chi connectivity index (χ0n) is 8.82. The van der Waals surface area contributed by atoms with E-state index in [4.69, 9.17) is 24.8 Å². The van der Waals surface area contributed by atoms with E-state index in [9.17, 15) is 0 Å². The molecule has 82 valence electrons. The summed E-state index contributed by atoms with van der Waals surface area (Å²) in [5, 5.41) is 2.39. The molecule has 0 unspecified atom stereocenters. The maximum absolute atomic E-state index is 4.78. The average Bonchev–Trinajstić information content (AvgIpc) is 2.33. The standard InChI is InChI=1S/C7H6S2.C5H11N/c8-7(9)6-4-2-1-3-5-6;1-2-4-6-5-3-1/h1-5H,(H,8,9);6H,1-5H2. The van der Waals surface area contributed by atoms with E-state index in [-0.39, 0.29) is 0 Å². The van der Waals surface area contributed by atoms with Gasteiger partial charge < -0.3 is 30.2 Å². The van der Waals surface area contributed by atoms with Crippen molar-refractivity contribution in [1.82, 2.24) is 0 Å². The number of hydrogen-bond acceptors (Lipinski definition) is 2. The lowest BCUT2D eigenvalue weighted by Gasteiger charge is -2.05. The van der Waals surface area contributed by atoms with Crippen LogP contribution in [0.15, 0.2) is 30.3 Å². The van der Waals surface area contributed by atoms with Crippen molar-refractivity contribution in [3.05, 3.63) is 35.9 Å². The van der Waals surface area contributed by atoms with Gasteiger partial charge in [-0.2, -0.15) is 0 Å². The molecule has 1 aliphatic rings. The van der Waals surface area contributed by atoms with Gasteiger partial charge in [-0.15, -0.1) is 4.20 Å². The molecule has 0 saturated carbocycles. The second-order valence-corrected chi connectivity index (χ2v) is 4.66. The minimum atomic E-state index is 0.538. The lowest BCUT2D eigenvalue weighted by Crippen LogP contribution is -2.85. The fraction of sp³-hybridized carbons (Fsp3) is 0.417. The van der Waals surface area contributed by atoms with Gasteiger partial charge in [0.05, 0.1) is 13.1 Å². The molecule has 2 rings (SSSR count). The fourth-order valence-electron chi connectivity index (χ4n) is 1.47. The molecule has 1 nitrogen and oxygen atoms in total. The Labute approximate surface area is 103 Å². The summed E-state index contributed by atoms with van der Waals surface area (Å²) in [7, 11) is 0. The highest BCUT2D eigenvalue weighted by atomic mass is 32.1. The summed E-state index contributed by atoms with van der Waals surface area (Å²) in [5.74, 6) is 0. The molecule has 0 spiro atoms. The van der Waals surface area contributed by atoms with Gasteiger partial charge in [-0.1, -0.05) is 30.3 Å². The fourth-order valence-corrected chi connectivity index (χ4v) is 1.74. The third-order valence-corrected chi connectivity index (χ3v) is 2.80.